The first-order valence-electron chi connectivity index (χ1n) is 5.83. The predicted octanol–water partition coefficient (Wildman–Crippen LogP) is 1.56. The van der Waals surface area contributed by atoms with Crippen molar-refractivity contribution in [2.24, 2.45) is 17.8 Å². The molecule has 0 aliphatic heterocycles. The van der Waals surface area contributed by atoms with E-state index in [-0.39, 0.29) is 6.10 Å². The molecule has 2 N–H and O–H groups in total. The summed E-state index contributed by atoms with van der Waals surface area (Å²) in [6.45, 7) is 3.94. The zero-order valence-electron chi connectivity index (χ0n) is 8.95. The molecule has 14 heavy (non-hydrogen) atoms. The number of aliphatic hydroxyl groups is 1. The van der Waals surface area contributed by atoms with Gasteiger partial charge in [0.25, 0.3) is 0 Å². The van der Waals surface area contributed by atoms with Crippen molar-refractivity contribution in [2.75, 3.05) is 13.1 Å². The van der Waals surface area contributed by atoms with E-state index >= 15 is 0 Å². The van der Waals surface area contributed by atoms with Crippen LogP contribution in [0.1, 0.15) is 26.2 Å². The summed E-state index contributed by atoms with van der Waals surface area (Å²) in [6, 6.07) is 0. The number of aliphatic hydroxyl groups excluding tert-OH is 1. The third-order valence-corrected chi connectivity index (χ3v) is 3.56. The van der Waals surface area contributed by atoms with Crippen molar-refractivity contribution in [1.29, 1.82) is 0 Å². The van der Waals surface area contributed by atoms with Crippen molar-refractivity contribution >= 4 is 0 Å². The summed E-state index contributed by atoms with van der Waals surface area (Å²) in [7, 11) is 0. The standard InChI is InChI=1S/C12H21NO/c1-9(14)4-5-13-8-12-7-10-2-3-11(12)6-10/h2-3,9-14H,4-8H2,1H3/t9-,10-,11-,12+/m0/s1. The molecule has 0 unspecified atom stereocenters. The van der Waals surface area contributed by atoms with Crippen molar-refractivity contribution in [1.82, 2.24) is 5.32 Å². The Morgan fingerprint density at radius 3 is 2.86 bits per heavy atom. The summed E-state index contributed by atoms with van der Waals surface area (Å²) in [6.07, 6.45) is 8.26. The van der Waals surface area contributed by atoms with Crippen LogP contribution >= 0.6 is 0 Å². The molecule has 4 atom stereocenters. The number of allylic oxidation sites excluding steroid dienone is 2. The predicted molar refractivity (Wildman–Crippen MR) is 58.0 cm³/mol. The maximum absolute atomic E-state index is 9.10. The first kappa shape index (κ1) is 10.2. The van der Waals surface area contributed by atoms with Gasteiger partial charge in [0.15, 0.2) is 0 Å². The zero-order valence-corrected chi connectivity index (χ0v) is 8.95. The number of hydrogen-bond acceptors (Lipinski definition) is 2. The van der Waals surface area contributed by atoms with E-state index in [0.717, 1.165) is 37.3 Å². The average molecular weight is 195 g/mol. The Labute approximate surface area is 86.4 Å². The number of rotatable bonds is 5. The van der Waals surface area contributed by atoms with E-state index in [4.69, 9.17) is 5.11 Å². The molecule has 0 saturated heterocycles. The highest BCUT2D eigenvalue weighted by atomic mass is 16.3. The molecular weight excluding hydrogens is 174 g/mol. The molecule has 80 valence electrons. The lowest BCUT2D eigenvalue weighted by atomic mass is 9.93. The largest absolute Gasteiger partial charge is 0.393 e. The summed E-state index contributed by atoms with van der Waals surface area (Å²) in [4.78, 5) is 0. The van der Waals surface area contributed by atoms with E-state index in [1.807, 2.05) is 6.92 Å². The van der Waals surface area contributed by atoms with Gasteiger partial charge in [-0.05, 0) is 57.0 Å². The number of nitrogens with one attached hydrogen (secondary N) is 1. The minimum atomic E-state index is -0.164. The molecule has 2 bridgehead atoms. The third-order valence-electron chi connectivity index (χ3n) is 3.56. The first-order chi connectivity index (χ1) is 6.75. The van der Waals surface area contributed by atoms with E-state index in [1.165, 1.54) is 12.8 Å². The molecule has 1 fully saturated rings. The smallest absolute Gasteiger partial charge is 0.0524 e. The molecule has 0 aromatic carbocycles. The molecule has 2 heteroatoms. The van der Waals surface area contributed by atoms with Crippen LogP contribution < -0.4 is 5.32 Å². The van der Waals surface area contributed by atoms with Crippen LogP contribution in [0, 0.1) is 17.8 Å². The van der Waals surface area contributed by atoms with Crippen molar-refractivity contribution in [3.05, 3.63) is 12.2 Å². The van der Waals surface area contributed by atoms with Crippen LogP contribution in [0.2, 0.25) is 0 Å². The molecule has 2 rings (SSSR count). The lowest BCUT2D eigenvalue weighted by Crippen LogP contribution is -2.27. The summed E-state index contributed by atoms with van der Waals surface area (Å²) in [5.74, 6) is 2.58. The second-order valence-corrected chi connectivity index (χ2v) is 4.88. The van der Waals surface area contributed by atoms with Gasteiger partial charge >= 0.3 is 0 Å². The molecule has 2 aliphatic rings. The summed E-state index contributed by atoms with van der Waals surface area (Å²) >= 11 is 0. The summed E-state index contributed by atoms with van der Waals surface area (Å²) in [5, 5.41) is 12.5. The van der Waals surface area contributed by atoms with Gasteiger partial charge in [-0.1, -0.05) is 12.2 Å². The minimum absolute atomic E-state index is 0.164. The maximum atomic E-state index is 9.10. The van der Waals surface area contributed by atoms with Gasteiger partial charge < -0.3 is 10.4 Å². The topological polar surface area (TPSA) is 32.3 Å². The molecule has 0 amide bonds. The third kappa shape index (κ3) is 2.37. The highest BCUT2D eigenvalue weighted by Crippen LogP contribution is 2.42. The second-order valence-electron chi connectivity index (χ2n) is 4.88. The van der Waals surface area contributed by atoms with Crippen LogP contribution in [0.4, 0.5) is 0 Å². The Balaban J connectivity index is 1.61. The van der Waals surface area contributed by atoms with Crippen molar-refractivity contribution in [2.45, 2.75) is 32.3 Å². The van der Waals surface area contributed by atoms with E-state index in [9.17, 15) is 0 Å². The number of hydrogen-bond donors (Lipinski definition) is 2. The van der Waals surface area contributed by atoms with E-state index in [0.29, 0.717) is 0 Å². The minimum Gasteiger partial charge on any atom is -0.393 e. The Morgan fingerprint density at radius 1 is 1.43 bits per heavy atom. The Hall–Kier alpha value is -0.340. The second kappa shape index (κ2) is 4.45. The average Bonchev–Trinajstić information content (AvgIpc) is 2.73. The molecule has 0 heterocycles. The van der Waals surface area contributed by atoms with Gasteiger partial charge in [0.05, 0.1) is 6.10 Å². The lowest BCUT2D eigenvalue weighted by molar-refractivity contribution is 0.183. The van der Waals surface area contributed by atoms with Crippen LogP contribution in [-0.2, 0) is 0 Å². The first-order valence-corrected chi connectivity index (χ1v) is 5.83. The van der Waals surface area contributed by atoms with Gasteiger partial charge in [-0.25, -0.2) is 0 Å². The highest BCUT2D eigenvalue weighted by molar-refractivity contribution is 5.10. The van der Waals surface area contributed by atoms with E-state index in [2.05, 4.69) is 17.5 Å². The van der Waals surface area contributed by atoms with Crippen LogP contribution in [-0.4, -0.2) is 24.3 Å². The van der Waals surface area contributed by atoms with Gasteiger partial charge in [-0.15, -0.1) is 0 Å². The monoisotopic (exact) mass is 195 g/mol. The summed E-state index contributed by atoms with van der Waals surface area (Å²) < 4.78 is 0. The van der Waals surface area contributed by atoms with Gasteiger partial charge in [0.1, 0.15) is 0 Å². The molecule has 0 aromatic heterocycles. The Bertz CT molecular complexity index is 212. The molecule has 0 spiro atoms. The SMILES string of the molecule is C[C@H](O)CCNC[C@H]1C[C@H]2C=C[C@H]1C2. The lowest BCUT2D eigenvalue weighted by Gasteiger charge is -2.18. The Kier molecular flexibility index (Phi) is 3.24. The molecular formula is C12H21NO. The fourth-order valence-corrected chi connectivity index (χ4v) is 2.73. The molecule has 2 nitrogen and oxygen atoms in total. The van der Waals surface area contributed by atoms with Crippen molar-refractivity contribution in [3.8, 4) is 0 Å². The highest BCUT2D eigenvalue weighted by Gasteiger charge is 2.34. The molecule has 2 aliphatic carbocycles. The Morgan fingerprint density at radius 2 is 2.29 bits per heavy atom. The molecule has 1 saturated carbocycles. The van der Waals surface area contributed by atoms with Gasteiger partial charge in [-0.2, -0.15) is 0 Å². The van der Waals surface area contributed by atoms with Gasteiger partial charge in [-0.3, -0.25) is 0 Å². The van der Waals surface area contributed by atoms with Crippen LogP contribution in [0.25, 0.3) is 0 Å². The summed E-state index contributed by atoms with van der Waals surface area (Å²) in [5.41, 5.74) is 0. The normalized spacial score (nSPS) is 36.6. The van der Waals surface area contributed by atoms with Crippen molar-refractivity contribution < 1.29 is 5.11 Å². The van der Waals surface area contributed by atoms with Crippen LogP contribution in [0.5, 0.6) is 0 Å². The van der Waals surface area contributed by atoms with Crippen LogP contribution in [0.15, 0.2) is 12.2 Å². The fraction of sp³-hybridized carbons (Fsp3) is 0.833. The van der Waals surface area contributed by atoms with E-state index in [1.54, 1.807) is 0 Å². The molecule has 0 radical (unpaired) electrons. The van der Waals surface area contributed by atoms with Crippen LogP contribution in [0.3, 0.4) is 0 Å². The quantitative estimate of drug-likeness (QED) is 0.515. The fourth-order valence-electron chi connectivity index (χ4n) is 2.73. The maximum Gasteiger partial charge on any atom is 0.0524 e. The van der Waals surface area contributed by atoms with E-state index < -0.39 is 0 Å². The number of fused-ring (bicyclic) bond motifs is 2. The molecule has 0 aromatic rings. The van der Waals surface area contributed by atoms with Gasteiger partial charge in [0.2, 0.25) is 0 Å². The van der Waals surface area contributed by atoms with Gasteiger partial charge in [0, 0.05) is 0 Å². The van der Waals surface area contributed by atoms with Crippen molar-refractivity contribution in [3.63, 3.8) is 0 Å². The zero-order chi connectivity index (χ0) is 9.97.